The smallest absolute Gasteiger partial charge is 0.322 e. The molecular weight excluding hydrogens is 396 g/mol. The number of H-pyrrole nitrogens is 1. The van der Waals surface area contributed by atoms with Crippen LogP contribution in [0.15, 0.2) is 36.7 Å². The summed E-state index contributed by atoms with van der Waals surface area (Å²) in [5, 5.41) is 23.1. The third-order valence-corrected chi connectivity index (χ3v) is 5.66. The molecule has 0 aliphatic carbocycles. The van der Waals surface area contributed by atoms with E-state index in [1.165, 1.54) is 5.56 Å². The Kier molecular flexibility index (Phi) is 5.85. The van der Waals surface area contributed by atoms with Crippen molar-refractivity contribution >= 4 is 28.7 Å². The summed E-state index contributed by atoms with van der Waals surface area (Å²) in [4.78, 5) is 31.4. The van der Waals surface area contributed by atoms with Gasteiger partial charge in [-0.25, -0.2) is 9.78 Å². The third kappa shape index (κ3) is 4.36. The van der Waals surface area contributed by atoms with Gasteiger partial charge in [0.15, 0.2) is 5.65 Å². The number of pyridine rings is 1. The molecule has 1 atom stereocenters. The van der Waals surface area contributed by atoms with Gasteiger partial charge in [-0.05, 0) is 41.7 Å². The Labute approximate surface area is 179 Å². The minimum absolute atomic E-state index is 0.108. The van der Waals surface area contributed by atoms with E-state index in [9.17, 15) is 14.7 Å². The molecule has 3 amide bonds. The Hall–Kier alpha value is -3.46. The van der Waals surface area contributed by atoms with E-state index in [2.05, 4.69) is 25.8 Å². The lowest BCUT2D eigenvalue weighted by Gasteiger charge is -2.29. The van der Waals surface area contributed by atoms with E-state index in [4.69, 9.17) is 0 Å². The van der Waals surface area contributed by atoms with Gasteiger partial charge < -0.3 is 20.6 Å². The maximum absolute atomic E-state index is 12.8. The average molecular weight is 422 g/mol. The van der Waals surface area contributed by atoms with Crippen LogP contribution in [-0.2, 0) is 13.0 Å². The zero-order chi connectivity index (χ0) is 22.0. The molecule has 0 radical (unpaired) electrons. The average Bonchev–Trinajstić information content (AvgIpc) is 3.26. The zero-order valence-corrected chi connectivity index (χ0v) is 17.6. The van der Waals surface area contributed by atoms with Crippen LogP contribution >= 0.6 is 0 Å². The lowest BCUT2D eigenvalue weighted by molar-refractivity contribution is 0.0897. The van der Waals surface area contributed by atoms with Gasteiger partial charge in [0.1, 0.15) is 0 Å². The van der Waals surface area contributed by atoms with Crippen molar-refractivity contribution in [2.24, 2.45) is 5.92 Å². The predicted molar refractivity (Wildman–Crippen MR) is 117 cm³/mol. The molecule has 1 aromatic carbocycles. The second-order valence-electron chi connectivity index (χ2n) is 8.08. The van der Waals surface area contributed by atoms with E-state index >= 15 is 0 Å². The summed E-state index contributed by atoms with van der Waals surface area (Å²) in [7, 11) is 0. The van der Waals surface area contributed by atoms with E-state index < -0.39 is 0 Å². The molecule has 3 heterocycles. The fourth-order valence-electron chi connectivity index (χ4n) is 3.74. The maximum Gasteiger partial charge on any atom is 0.322 e. The first kappa shape index (κ1) is 20.8. The Balaban J connectivity index is 1.43. The standard InChI is InChI=1S/C22H26N6O3/c1-13(2)19(12-29)26-21(30)14-4-3-5-16(8-14)25-22(31)28-7-6-17-15(11-28)9-23-20-18(17)10-24-27-20/h3-5,8-10,13,19,29H,6-7,11-12H2,1-2H3,(H,25,31)(H,26,30)(H,23,24,27). The largest absolute Gasteiger partial charge is 0.394 e. The number of aliphatic hydroxyl groups excluding tert-OH is 1. The summed E-state index contributed by atoms with van der Waals surface area (Å²) in [5.41, 5.74) is 3.90. The number of anilines is 1. The highest BCUT2D eigenvalue weighted by Crippen LogP contribution is 2.25. The lowest BCUT2D eigenvalue weighted by Crippen LogP contribution is -2.41. The summed E-state index contributed by atoms with van der Waals surface area (Å²) in [6.45, 7) is 4.78. The molecule has 1 aliphatic rings. The van der Waals surface area contributed by atoms with Crippen molar-refractivity contribution in [1.29, 1.82) is 0 Å². The fraction of sp³-hybridized carbons (Fsp3) is 0.364. The molecule has 4 N–H and O–H groups in total. The van der Waals surface area contributed by atoms with Crippen LogP contribution in [0.25, 0.3) is 11.0 Å². The number of amides is 3. The second kappa shape index (κ2) is 8.73. The van der Waals surface area contributed by atoms with E-state index in [1.807, 2.05) is 13.8 Å². The van der Waals surface area contributed by atoms with Crippen LogP contribution in [0.2, 0.25) is 0 Å². The number of carbonyl (C=O) groups is 2. The van der Waals surface area contributed by atoms with Gasteiger partial charge in [0, 0.05) is 35.9 Å². The molecule has 0 fully saturated rings. The maximum atomic E-state index is 12.8. The quantitative estimate of drug-likeness (QED) is 0.502. The minimum atomic E-state index is -0.325. The number of rotatable bonds is 5. The van der Waals surface area contributed by atoms with Crippen molar-refractivity contribution in [2.75, 3.05) is 18.5 Å². The highest BCUT2D eigenvalue weighted by molar-refractivity contribution is 5.97. The summed E-state index contributed by atoms with van der Waals surface area (Å²) in [5.74, 6) is -0.178. The molecule has 0 saturated heterocycles. The van der Waals surface area contributed by atoms with Crippen molar-refractivity contribution in [1.82, 2.24) is 25.4 Å². The van der Waals surface area contributed by atoms with Crippen LogP contribution in [0.1, 0.15) is 35.3 Å². The highest BCUT2D eigenvalue weighted by atomic mass is 16.3. The molecular formula is C22H26N6O3. The molecule has 1 unspecified atom stereocenters. The lowest BCUT2D eigenvalue weighted by atomic mass is 9.99. The van der Waals surface area contributed by atoms with Gasteiger partial charge in [-0.15, -0.1) is 0 Å². The fourth-order valence-corrected chi connectivity index (χ4v) is 3.74. The Morgan fingerprint density at radius 2 is 2.13 bits per heavy atom. The number of aromatic amines is 1. The number of hydrogen-bond acceptors (Lipinski definition) is 5. The third-order valence-electron chi connectivity index (χ3n) is 5.66. The van der Waals surface area contributed by atoms with Crippen LogP contribution in [0, 0.1) is 5.92 Å². The number of benzene rings is 1. The van der Waals surface area contributed by atoms with Gasteiger partial charge >= 0.3 is 6.03 Å². The Morgan fingerprint density at radius 1 is 1.29 bits per heavy atom. The first-order chi connectivity index (χ1) is 15.0. The molecule has 1 aliphatic heterocycles. The van der Waals surface area contributed by atoms with Crippen LogP contribution in [0.3, 0.4) is 0 Å². The number of urea groups is 1. The van der Waals surface area contributed by atoms with Gasteiger partial charge in [0.2, 0.25) is 0 Å². The minimum Gasteiger partial charge on any atom is -0.394 e. The SMILES string of the molecule is CC(C)C(CO)NC(=O)c1cccc(NC(=O)N2CCc3c(cnc4[nH]ncc34)C2)c1. The number of fused-ring (bicyclic) bond motifs is 3. The van der Waals surface area contributed by atoms with Crippen molar-refractivity contribution in [3.05, 3.63) is 53.3 Å². The molecule has 0 spiro atoms. The second-order valence-corrected chi connectivity index (χ2v) is 8.08. The van der Waals surface area contributed by atoms with Crippen LogP contribution in [-0.4, -0.2) is 56.3 Å². The number of aromatic nitrogens is 3. The van der Waals surface area contributed by atoms with Crippen molar-refractivity contribution in [2.45, 2.75) is 32.9 Å². The number of nitrogens with zero attached hydrogens (tertiary/aromatic N) is 3. The molecule has 3 aromatic rings. The highest BCUT2D eigenvalue weighted by Gasteiger charge is 2.23. The Bertz CT molecular complexity index is 1110. The van der Waals surface area contributed by atoms with E-state index in [1.54, 1.807) is 41.6 Å². The van der Waals surface area contributed by atoms with Crippen molar-refractivity contribution < 1.29 is 14.7 Å². The van der Waals surface area contributed by atoms with Crippen molar-refractivity contribution in [3.8, 4) is 0 Å². The van der Waals surface area contributed by atoms with Gasteiger partial charge in [0.05, 0.1) is 18.8 Å². The molecule has 9 nitrogen and oxygen atoms in total. The molecule has 0 bridgehead atoms. The van der Waals surface area contributed by atoms with Gasteiger partial charge in [-0.2, -0.15) is 5.10 Å². The molecule has 2 aromatic heterocycles. The van der Waals surface area contributed by atoms with E-state index in [0.717, 1.165) is 23.0 Å². The first-order valence-electron chi connectivity index (χ1n) is 10.3. The van der Waals surface area contributed by atoms with E-state index in [0.29, 0.717) is 24.3 Å². The molecule has 31 heavy (non-hydrogen) atoms. The molecule has 162 valence electrons. The van der Waals surface area contributed by atoms with Crippen LogP contribution in [0.4, 0.5) is 10.5 Å². The van der Waals surface area contributed by atoms with Gasteiger partial charge in [-0.1, -0.05) is 19.9 Å². The van der Waals surface area contributed by atoms with Gasteiger partial charge in [-0.3, -0.25) is 9.89 Å². The predicted octanol–water partition coefficient (Wildman–Crippen LogP) is 2.29. The van der Waals surface area contributed by atoms with Crippen LogP contribution < -0.4 is 10.6 Å². The zero-order valence-electron chi connectivity index (χ0n) is 17.6. The summed E-state index contributed by atoms with van der Waals surface area (Å²) >= 11 is 0. The first-order valence-corrected chi connectivity index (χ1v) is 10.3. The monoisotopic (exact) mass is 422 g/mol. The topological polar surface area (TPSA) is 123 Å². The van der Waals surface area contributed by atoms with Crippen molar-refractivity contribution in [3.63, 3.8) is 0 Å². The molecule has 4 rings (SSSR count). The van der Waals surface area contributed by atoms with Gasteiger partial charge in [0.25, 0.3) is 5.91 Å². The molecule has 9 heteroatoms. The van der Waals surface area contributed by atoms with Crippen LogP contribution in [0.5, 0.6) is 0 Å². The summed E-state index contributed by atoms with van der Waals surface area (Å²) in [6.07, 6.45) is 4.28. The summed E-state index contributed by atoms with van der Waals surface area (Å²) in [6, 6.07) is 6.23. The number of nitrogens with one attached hydrogen (secondary N) is 3. The normalized spacial score (nSPS) is 14.4. The number of hydrogen-bond donors (Lipinski definition) is 4. The Morgan fingerprint density at radius 3 is 2.90 bits per heavy atom. The summed E-state index contributed by atoms with van der Waals surface area (Å²) < 4.78 is 0. The van der Waals surface area contributed by atoms with E-state index in [-0.39, 0.29) is 30.5 Å². The number of aliphatic hydroxyl groups is 1. The number of carbonyl (C=O) groups excluding carboxylic acids is 2. The molecule has 0 saturated carbocycles.